The minimum atomic E-state index is -0.349. The molecule has 146 valence electrons. The maximum Gasteiger partial charge on any atom is 0.257 e. The minimum absolute atomic E-state index is 0.194. The number of rotatable bonds is 7. The van der Waals surface area contributed by atoms with Gasteiger partial charge in [-0.3, -0.25) is 9.48 Å². The van der Waals surface area contributed by atoms with Gasteiger partial charge in [0.2, 0.25) is 0 Å². The molecule has 1 amide bonds. The first kappa shape index (κ1) is 19.7. The van der Waals surface area contributed by atoms with Gasteiger partial charge in [0.15, 0.2) is 0 Å². The number of hydrogen-bond donors (Lipinski definition) is 0. The van der Waals surface area contributed by atoms with E-state index in [0.29, 0.717) is 24.1 Å². The Morgan fingerprint density at radius 2 is 1.86 bits per heavy atom. The molecule has 4 nitrogen and oxygen atoms in total. The third-order valence-electron chi connectivity index (χ3n) is 4.72. The Morgan fingerprint density at radius 3 is 2.46 bits per heavy atom. The Morgan fingerprint density at radius 1 is 1.11 bits per heavy atom. The predicted molar refractivity (Wildman–Crippen MR) is 104 cm³/mol. The van der Waals surface area contributed by atoms with Crippen LogP contribution in [0.3, 0.4) is 0 Å². The summed E-state index contributed by atoms with van der Waals surface area (Å²) in [5, 5.41) is 4.19. The van der Waals surface area contributed by atoms with Gasteiger partial charge in [-0.2, -0.15) is 5.10 Å². The lowest BCUT2D eigenvalue weighted by molar-refractivity contribution is 0.0652. The van der Waals surface area contributed by atoms with Crippen molar-refractivity contribution in [3.05, 3.63) is 89.2 Å². The molecule has 0 spiro atoms. The summed E-state index contributed by atoms with van der Waals surface area (Å²) in [4.78, 5) is 15.0. The summed E-state index contributed by atoms with van der Waals surface area (Å²) < 4.78 is 28.7. The van der Waals surface area contributed by atoms with Gasteiger partial charge in [-0.1, -0.05) is 31.2 Å². The molecule has 0 radical (unpaired) electrons. The van der Waals surface area contributed by atoms with E-state index >= 15 is 0 Å². The highest BCUT2D eigenvalue weighted by Crippen LogP contribution is 2.28. The Labute approximate surface area is 163 Å². The fraction of sp³-hybridized carbons (Fsp3) is 0.273. The molecule has 0 fully saturated rings. The molecule has 1 heterocycles. The molecule has 0 aliphatic carbocycles. The second-order valence-electron chi connectivity index (χ2n) is 6.62. The Bertz CT molecular complexity index is 937. The highest BCUT2D eigenvalue weighted by Gasteiger charge is 2.26. The predicted octanol–water partition coefficient (Wildman–Crippen LogP) is 4.97. The van der Waals surface area contributed by atoms with Crippen LogP contribution in [0.25, 0.3) is 0 Å². The van der Waals surface area contributed by atoms with Crippen molar-refractivity contribution in [2.24, 2.45) is 0 Å². The van der Waals surface area contributed by atoms with Crippen LogP contribution >= 0.6 is 0 Å². The van der Waals surface area contributed by atoms with Gasteiger partial charge in [0.1, 0.15) is 11.6 Å². The number of carbonyl (C=O) groups excluding carboxylic acids is 1. The summed E-state index contributed by atoms with van der Waals surface area (Å²) in [5.74, 6) is -0.871. The lowest BCUT2D eigenvalue weighted by Crippen LogP contribution is -2.34. The number of amides is 1. The van der Waals surface area contributed by atoms with Gasteiger partial charge in [0, 0.05) is 19.3 Å². The summed E-state index contributed by atoms with van der Waals surface area (Å²) in [6, 6.07) is 12.1. The van der Waals surface area contributed by atoms with Crippen LogP contribution in [0.5, 0.6) is 0 Å². The van der Waals surface area contributed by atoms with Crippen molar-refractivity contribution in [3.63, 3.8) is 0 Å². The Hall–Kier alpha value is -3.02. The van der Waals surface area contributed by atoms with Gasteiger partial charge in [-0.15, -0.1) is 0 Å². The molecule has 1 unspecified atom stereocenters. The molecule has 0 saturated heterocycles. The molecule has 0 N–H and O–H groups in total. The first-order chi connectivity index (χ1) is 13.5. The summed E-state index contributed by atoms with van der Waals surface area (Å²) in [6.45, 7) is 4.81. The number of hydrogen-bond acceptors (Lipinski definition) is 2. The van der Waals surface area contributed by atoms with E-state index in [0.717, 1.165) is 5.56 Å². The van der Waals surface area contributed by atoms with Gasteiger partial charge in [-0.05, 0) is 48.7 Å². The lowest BCUT2D eigenvalue weighted by Gasteiger charge is -2.31. The van der Waals surface area contributed by atoms with Crippen molar-refractivity contribution in [2.45, 2.75) is 39.4 Å². The quantitative estimate of drug-likeness (QED) is 0.577. The zero-order valence-electron chi connectivity index (χ0n) is 16.0. The summed E-state index contributed by atoms with van der Waals surface area (Å²) in [6.07, 6.45) is 3.88. The number of nitrogens with zero attached hydrogens (tertiary/aromatic N) is 3. The average molecular weight is 383 g/mol. The highest BCUT2D eigenvalue weighted by molar-refractivity contribution is 5.94. The van der Waals surface area contributed by atoms with Crippen LogP contribution in [0.2, 0.25) is 0 Å². The van der Waals surface area contributed by atoms with Crippen molar-refractivity contribution < 1.29 is 13.6 Å². The third-order valence-corrected chi connectivity index (χ3v) is 4.72. The summed E-state index contributed by atoms with van der Waals surface area (Å²) in [5.41, 5.74) is 1.99. The minimum Gasteiger partial charge on any atom is -0.327 e. The first-order valence-electron chi connectivity index (χ1n) is 9.35. The molecule has 28 heavy (non-hydrogen) atoms. The van der Waals surface area contributed by atoms with E-state index in [1.165, 1.54) is 24.3 Å². The van der Waals surface area contributed by atoms with Crippen LogP contribution in [-0.2, 0) is 13.1 Å². The molecule has 1 aromatic heterocycles. The van der Waals surface area contributed by atoms with Crippen LogP contribution < -0.4 is 0 Å². The first-order valence-corrected chi connectivity index (χ1v) is 9.35. The van der Waals surface area contributed by atoms with Crippen molar-refractivity contribution in [1.29, 1.82) is 0 Å². The zero-order valence-corrected chi connectivity index (χ0v) is 16.0. The number of aromatic nitrogens is 2. The fourth-order valence-electron chi connectivity index (χ4n) is 3.29. The van der Waals surface area contributed by atoms with E-state index in [2.05, 4.69) is 5.10 Å². The molecular formula is C22H23F2N3O. The van der Waals surface area contributed by atoms with Crippen molar-refractivity contribution in [3.8, 4) is 0 Å². The van der Waals surface area contributed by atoms with Crippen LogP contribution in [-0.4, -0.2) is 20.6 Å². The van der Waals surface area contributed by atoms with Gasteiger partial charge < -0.3 is 4.90 Å². The number of halogens is 2. The van der Waals surface area contributed by atoms with Crippen LogP contribution in [0.15, 0.2) is 60.9 Å². The maximum atomic E-state index is 13.7. The van der Waals surface area contributed by atoms with Crippen LogP contribution in [0.1, 0.15) is 47.8 Å². The van der Waals surface area contributed by atoms with E-state index in [1.807, 2.05) is 13.8 Å². The molecule has 3 aromatic rings. The lowest BCUT2D eigenvalue weighted by atomic mass is 10.0. The van der Waals surface area contributed by atoms with Gasteiger partial charge in [-0.25, -0.2) is 8.78 Å². The second-order valence-corrected chi connectivity index (χ2v) is 6.62. The molecule has 0 aliphatic heterocycles. The SMILES string of the molecule is CCC(c1ccc(F)cc1)N(Cc1cccc(F)c1)C(=O)c1cnn(CC)c1. The third kappa shape index (κ3) is 4.44. The molecule has 6 heteroatoms. The topological polar surface area (TPSA) is 38.1 Å². The normalized spacial score (nSPS) is 12.0. The standard InChI is InChI=1S/C22H23F2N3O/c1-3-21(17-8-10-19(23)11-9-17)27(14-16-6-5-7-20(24)12-16)22(28)18-13-25-26(4-2)15-18/h5-13,15,21H,3-4,14H2,1-2H3. The number of aryl methyl sites for hydroxylation is 1. The molecule has 0 aliphatic rings. The van der Waals surface area contributed by atoms with Crippen molar-refractivity contribution in [2.75, 3.05) is 0 Å². The van der Waals surface area contributed by atoms with E-state index < -0.39 is 0 Å². The van der Waals surface area contributed by atoms with Gasteiger partial charge >= 0.3 is 0 Å². The van der Waals surface area contributed by atoms with Gasteiger partial charge in [0.25, 0.3) is 5.91 Å². The summed E-state index contributed by atoms with van der Waals surface area (Å²) >= 11 is 0. The highest BCUT2D eigenvalue weighted by atomic mass is 19.1. The molecule has 0 bridgehead atoms. The fourth-order valence-corrected chi connectivity index (χ4v) is 3.29. The second kappa shape index (κ2) is 8.78. The smallest absolute Gasteiger partial charge is 0.257 e. The largest absolute Gasteiger partial charge is 0.327 e. The van der Waals surface area contributed by atoms with E-state index in [4.69, 9.17) is 0 Å². The molecule has 2 aromatic carbocycles. The van der Waals surface area contributed by atoms with Crippen LogP contribution in [0, 0.1) is 11.6 Å². The maximum absolute atomic E-state index is 13.7. The molecule has 0 saturated carbocycles. The molecule has 1 atom stereocenters. The molecular weight excluding hydrogens is 360 g/mol. The van der Waals surface area contributed by atoms with Crippen molar-refractivity contribution in [1.82, 2.24) is 14.7 Å². The number of benzene rings is 2. The van der Waals surface area contributed by atoms with Crippen LogP contribution in [0.4, 0.5) is 8.78 Å². The van der Waals surface area contributed by atoms with E-state index in [1.54, 1.807) is 46.2 Å². The zero-order chi connectivity index (χ0) is 20.1. The Balaban J connectivity index is 1.98. The number of carbonyl (C=O) groups is 1. The van der Waals surface area contributed by atoms with E-state index in [-0.39, 0.29) is 30.1 Å². The monoisotopic (exact) mass is 383 g/mol. The molecule has 3 rings (SSSR count). The summed E-state index contributed by atoms with van der Waals surface area (Å²) in [7, 11) is 0. The average Bonchev–Trinajstić information content (AvgIpc) is 3.18. The Kier molecular flexibility index (Phi) is 6.19. The van der Waals surface area contributed by atoms with E-state index in [9.17, 15) is 13.6 Å². The van der Waals surface area contributed by atoms with Gasteiger partial charge in [0.05, 0.1) is 17.8 Å². The van der Waals surface area contributed by atoms with Crippen molar-refractivity contribution >= 4 is 5.91 Å².